The van der Waals surface area contributed by atoms with E-state index in [0.29, 0.717) is 12.1 Å². The number of halogens is 3. The lowest BCUT2D eigenvalue weighted by Crippen LogP contribution is -2.51. The van der Waals surface area contributed by atoms with Crippen molar-refractivity contribution in [2.24, 2.45) is 11.5 Å². The highest BCUT2D eigenvalue weighted by atomic mass is 19.4. The van der Waals surface area contributed by atoms with Crippen LogP contribution >= 0.6 is 0 Å². The third-order valence-electron chi connectivity index (χ3n) is 2.34. The van der Waals surface area contributed by atoms with Gasteiger partial charge in [0.15, 0.2) is 0 Å². The van der Waals surface area contributed by atoms with E-state index in [9.17, 15) is 27.9 Å². The summed E-state index contributed by atoms with van der Waals surface area (Å²) in [5.74, 6) is -2.93. The molecular weight excluding hydrogens is 253 g/mol. The molecule has 98 valence electrons. The molecular formula is C10H9F3N2O3. The van der Waals surface area contributed by atoms with Gasteiger partial charge in [-0.05, 0) is 12.1 Å². The Morgan fingerprint density at radius 2 is 1.28 bits per heavy atom. The Morgan fingerprint density at radius 3 is 1.56 bits per heavy atom. The number of rotatable bonds is 3. The number of hydrogen-bond donors (Lipinski definition) is 3. The van der Waals surface area contributed by atoms with Crippen LogP contribution in [-0.4, -0.2) is 16.9 Å². The van der Waals surface area contributed by atoms with Crippen LogP contribution in [0, 0.1) is 0 Å². The van der Waals surface area contributed by atoms with Gasteiger partial charge in [0.05, 0.1) is 5.56 Å². The smallest absolute Gasteiger partial charge is 0.368 e. The Labute approximate surface area is 99.2 Å². The van der Waals surface area contributed by atoms with Gasteiger partial charge in [0, 0.05) is 5.56 Å². The van der Waals surface area contributed by atoms with E-state index >= 15 is 0 Å². The zero-order valence-corrected chi connectivity index (χ0v) is 8.86. The van der Waals surface area contributed by atoms with Gasteiger partial charge < -0.3 is 16.6 Å². The molecule has 0 atom stereocenters. The number of aliphatic hydroxyl groups is 1. The van der Waals surface area contributed by atoms with Crippen molar-refractivity contribution in [3.63, 3.8) is 0 Å². The molecule has 0 aliphatic carbocycles. The molecule has 0 saturated heterocycles. The third kappa shape index (κ3) is 2.28. The summed E-state index contributed by atoms with van der Waals surface area (Å²) in [6.45, 7) is 0. The Morgan fingerprint density at radius 1 is 0.944 bits per heavy atom. The maximum atomic E-state index is 12.3. The average Bonchev–Trinajstić information content (AvgIpc) is 2.26. The quantitative estimate of drug-likeness (QED) is 0.660. The zero-order chi connectivity index (χ0) is 14.1. The lowest BCUT2D eigenvalue weighted by Gasteiger charge is -2.21. The number of carbonyl (C=O) groups excluding carboxylic acids is 2. The molecule has 8 heteroatoms. The van der Waals surface area contributed by atoms with Crippen LogP contribution in [0.15, 0.2) is 24.3 Å². The molecule has 0 spiro atoms. The predicted molar refractivity (Wildman–Crippen MR) is 53.7 cm³/mol. The number of benzene rings is 1. The molecule has 5 nitrogen and oxygen atoms in total. The largest absolute Gasteiger partial charge is 0.416 e. The predicted octanol–water partition coefficient (Wildman–Crippen LogP) is -0.136. The van der Waals surface area contributed by atoms with Crippen molar-refractivity contribution in [1.82, 2.24) is 0 Å². The van der Waals surface area contributed by atoms with Crippen LogP contribution in [-0.2, 0) is 21.4 Å². The van der Waals surface area contributed by atoms with E-state index in [1.54, 1.807) is 0 Å². The molecule has 0 fully saturated rings. The van der Waals surface area contributed by atoms with Crippen molar-refractivity contribution in [3.05, 3.63) is 35.4 Å². The van der Waals surface area contributed by atoms with E-state index in [1.807, 2.05) is 0 Å². The first-order valence-electron chi connectivity index (χ1n) is 4.60. The topological polar surface area (TPSA) is 106 Å². The summed E-state index contributed by atoms with van der Waals surface area (Å²) in [6, 6.07) is 2.73. The van der Waals surface area contributed by atoms with Crippen LogP contribution in [0.3, 0.4) is 0 Å². The lowest BCUT2D eigenvalue weighted by molar-refractivity contribution is -0.150. The van der Waals surface area contributed by atoms with Crippen LogP contribution in [0.5, 0.6) is 0 Å². The second-order valence-corrected chi connectivity index (χ2v) is 3.51. The van der Waals surface area contributed by atoms with Gasteiger partial charge in [0.2, 0.25) is 5.60 Å². The van der Waals surface area contributed by atoms with Gasteiger partial charge in [-0.25, -0.2) is 0 Å². The summed E-state index contributed by atoms with van der Waals surface area (Å²) >= 11 is 0. The molecule has 0 radical (unpaired) electrons. The van der Waals surface area contributed by atoms with E-state index in [-0.39, 0.29) is 0 Å². The van der Waals surface area contributed by atoms with E-state index in [2.05, 4.69) is 0 Å². The lowest BCUT2D eigenvalue weighted by atomic mass is 9.91. The van der Waals surface area contributed by atoms with Crippen LogP contribution in [0.25, 0.3) is 0 Å². The third-order valence-corrected chi connectivity index (χ3v) is 2.34. The first kappa shape index (κ1) is 14.0. The Kier molecular flexibility index (Phi) is 3.34. The van der Waals surface area contributed by atoms with Gasteiger partial charge in [-0.1, -0.05) is 12.1 Å². The molecule has 1 aromatic carbocycles. The fraction of sp³-hybridized carbons (Fsp3) is 0.200. The minimum absolute atomic E-state index is 0.421. The number of amides is 2. The first-order valence-corrected chi connectivity index (χ1v) is 4.60. The Balaban J connectivity index is 3.26. The van der Waals surface area contributed by atoms with Gasteiger partial charge in [-0.2, -0.15) is 13.2 Å². The standard InChI is InChI=1S/C10H9F3N2O3/c11-10(12,13)6-3-1-5(2-4-6)9(18,7(14)16)8(15)17/h1-4,18H,(H2,14,16)(H2,15,17). The number of alkyl halides is 3. The molecule has 0 saturated carbocycles. The second kappa shape index (κ2) is 4.30. The van der Waals surface area contributed by atoms with E-state index < -0.39 is 34.7 Å². The number of primary amides is 2. The first-order chi connectivity index (χ1) is 8.10. The molecule has 0 unspecified atom stereocenters. The molecule has 5 N–H and O–H groups in total. The monoisotopic (exact) mass is 262 g/mol. The summed E-state index contributed by atoms with van der Waals surface area (Å²) in [7, 11) is 0. The van der Waals surface area contributed by atoms with Crippen molar-refractivity contribution in [3.8, 4) is 0 Å². The molecule has 0 aliphatic heterocycles. The second-order valence-electron chi connectivity index (χ2n) is 3.51. The minimum atomic E-state index is -4.57. The highest BCUT2D eigenvalue weighted by molar-refractivity contribution is 6.07. The molecule has 1 aromatic rings. The molecule has 1 rings (SSSR count). The van der Waals surface area contributed by atoms with Crippen LogP contribution in [0.1, 0.15) is 11.1 Å². The average molecular weight is 262 g/mol. The van der Waals surface area contributed by atoms with E-state index in [0.717, 1.165) is 12.1 Å². The highest BCUT2D eigenvalue weighted by Gasteiger charge is 2.43. The highest BCUT2D eigenvalue weighted by Crippen LogP contribution is 2.30. The van der Waals surface area contributed by atoms with Crippen molar-refractivity contribution < 1.29 is 27.9 Å². The molecule has 0 bridgehead atoms. The molecule has 0 heterocycles. The number of carbonyl (C=O) groups is 2. The van der Waals surface area contributed by atoms with Gasteiger partial charge >= 0.3 is 6.18 Å². The van der Waals surface area contributed by atoms with Gasteiger partial charge in [-0.15, -0.1) is 0 Å². The van der Waals surface area contributed by atoms with Gasteiger partial charge in [0.25, 0.3) is 11.8 Å². The zero-order valence-electron chi connectivity index (χ0n) is 8.86. The fourth-order valence-electron chi connectivity index (χ4n) is 1.31. The minimum Gasteiger partial charge on any atom is -0.368 e. The molecule has 2 amide bonds. The van der Waals surface area contributed by atoms with Gasteiger partial charge in [-0.3, -0.25) is 9.59 Å². The van der Waals surface area contributed by atoms with Crippen LogP contribution in [0.4, 0.5) is 13.2 Å². The normalized spacial score (nSPS) is 12.2. The number of hydrogen-bond acceptors (Lipinski definition) is 3. The van der Waals surface area contributed by atoms with Crippen molar-refractivity contribution >= 4 is 11.8 Å². The van der Waals surface area contributed by atoms with E-state index in [1.165, 1.54) is 0 Å². The summed E-state index contributed by atoms with van der Waals surface area (Å²) < 4.78 is 36.9. The fourth-order valence-corrected chi connectivity index (χ4v) is 1.31. The SMILES string of the molecule is NC(=O)C(O)(C(N)=O)c1ccc(C(F)(F)F)cc1. The summed E-state index contributed by atoms with van der Waals surface area (Å²) in [5.41, 5.74) is 5.38. The maximum absolute atomic E-state index is 12.3. The Hall–Kier alpha value is -2.09. The van der Waals surface area contributed by atoms with E-state index in [4.69, 9.17) is 11.5 Å². The van der Waals surface area contributed by atoms with Crippen molar-refractivity contribution in [2.75, 3.05) is 0 Å². The van der Waals surface area contributed by atoms with Crippen LogP contribution in [0.2, 0.25) is 0 Å². The summed E-state index contributed by atoms with van der Waals surface area (Å²) in [5, 5.41) is 9.70. The van der Waals surface area contributed by atoms with Crippen molar-refractivity contribution in [2.45, 2.75) is 11.8 Å². The molecule has 18 heavy (non-hydrogen) atoms. The van der Waals surface area contributed by atoms with Gasteiger partial charge in [0.1, 0.15) is 0 Å². The van der Waals surface area contributed by atoms with Crippen molar-refractivity contribution in [1.29, 1.82) is 0 Å². The molecule has 0 aliphatic rings. The maximum Gasteiger partial charge on any atom is 0.416 e. The number of nitrogens with two attached hydrogens (primary N) is 2. The molecule has 0 aromatic heterocycles. The Bertz CT molecular complexity index is 468. The summed E-state index contributed by atoms with van der Waals surface area (Å²) in [6.07, 6.45) is -4.57. The summed E-state index contributed by atoms with van der Waals surface area (Å²) in [4.78, 5) is 22.0. The van der Waals surface area contributed by atoms with Crippen LogP contribution < -0.4 is 11.5 Å².